The number of carbonyl (C=O) groups is 1. The minimum atomic E-state index is -5.75. The number of nitrogens with zero attached hydrogens (tertiary/aromatic N) is 2. The quantitative estimate of drug-likeness (QED) is 0.0275. The average molecular weight is 943 g/mol. The molecule has 6 N–H and O–H groups in total. The minimum Gasteiger partial charge on any atom is -0.862 e. The summed E-state index contributed by atoms with van der Waals surface area (Å²) in [5.41, 5.74) is 0. The molecule has 35 heteroatoms. The second-order valence-corrected chi connectivity index (χ2v) is 14.4. The summed E-state index contributed by atoms with van der Waals surface area (Å²) >= 11 is 0. The van der Waals surface area contributed by atoms with Crippen molar-refractivity contribution in [3.63, 3.8) is 0 Å². The molecule has 0 saturated carbocycles. The van der Waals surface area contributed by atoms with Gasteiger partial charge in [-0.2, -0.15) is 16.8 Å². The summed E-state index contributed by atoms with van der Waals surface area (Å²) in [6.45, 7) is -0.752. The van der Waals surface area contributed by atoms with Crippen molar-refractivity contribution in [1.29, 1.82) is 0 Å². The van der Waals surface area contributed by atoms with Gasteiger partial charge in [0.05, 0.1) is 19.2 Å². The van der Waals surface area contributed by atoms with E-state index in [4.69, 9.17) is 28.4 Å². The normalized spacial score (nSPS) is 36.3. The van der Waals surface area contributed by atoms with Crippen LogP contribution in [0.15, 0.2) is 9.98 Å². The summed E-state index contributed by atoms with van der Waals surface area (Å²) in [4.78, 5) is 19.5. The van der Waals surface area contributed by atoms with Crippen molar-refractivity contribution < 1.29 is 239 Å². The van der Waals surface area contributed by atoms with Gasteiger partial charge in [-0.05, 0) is 25.6 Å². The molecule has 58 heavy (non-hydrogen) atoms. The van der Waals surface area contributed by atoms with E-state index < -0.39 is 154 Å². The molecule has 314 valence electrons. The Morgan fingerprint density at radius 3 is 1.52 bits per heavy atom. The molecule has 3 saturated heterocycles. The first-order valence-corrected chi connectivity index (χ1v) is 18.8. The first-order valence-electron chi connectivity index (χ1n) is 14.8. The molecule has 28 nitrogen and oxygen atoms in total. The molecule has 0 aliphatic carbocycles. The molecule has 0 spiro atoms. The minimum absolute atomic E-state index is 0. The van der Waals surface area contributed by atoms with Crippen molar-refractivity contribution in [3.8, 4) is 0 Å². The van der Waals surface area contributed by atoms with Gasteiger partial charge in [0.25, 0.3) is 0 Å². The van der Waals surface area contributed by atoms with Crippen LogP contribution in [0.1, 0.15) is 13.8 Å². The number of aliphatic imine (C=N–C) groups is 2. The second kappa shape index (κ2) is 25.9. The molecule has 3 rings (SSSR count). The molecule has 0 aromatic carbocycles. The maximum absolute atomic E-state index is 12.4. The van der Waals surface area contributed by atoms with Crippen LogP contribution in [-0.2, 0) is 77.0 Å². The van der Waals surface area contributed by atoms with Crippen LogP contribution in [0, 0.1) is 0 Å². The molecule has 0 radical (unpaired) electrons. The SMILES string of the molecule is CO[C@@H]1O[C@H](CO)[C@H](OS(=O)(=O)O)[C@H](O[C@@H]2O[C@@H](C(=O)[O-])[C@@H](O[C@@H]3O[C@H](CO)[C@H](OS(=O)(=O)[O-])[C@H](O)[C@H]3N=C(C)[O-])[C@H](O)[C@H]2OS(=O)(=O)O)[C@H]1N=C(C)[O-].[Na+].[Na+].[Na+].[Na+]. The largest absolute Gasteiger partial charge is 1.00 e. The van der Waals surface area contributed by atoms with Crippen LogP contribution < -0.4 is 134 Å². The number of carboxylic acid groups (broad SMARTS) is 1. The van der Waals surface area contributed by atoms with Gasteiger partial charge in [-0.15, -0.1) is 0 Å². The zero-order chi connectivity index (χ0) is 41.1. The molecule has 3 aliphatic heterocycles. The van der Waals surface area contributed by atoms with Gasteiger partial charge in [-0.1, -0.05) is 0 Å². The third-order valence-electron chi connectivity index (χ3n) is 7.54. The predicted molar refractivity (Wildman–Crippen MR) is 155 cm³/mol. The topological polar surface area (TPSA) is 441 Å². The molecule has 15 atom stereocenters. The fourth-order valence-electron chi connectivity index (χ4n) is 5.59. The van der Waals surface area contributed by atoms with Gasteiger partial charge >= 0.3 is 139 Å². The van der Waals surface area contributed by atoms with Crippen molar-refractivity contribution in [2.45, 2.75) is 106 Å². The Hall–Kier alpha value is 1.62. The fraction of sp³-hybridized carbons (Fsp3) is 0.870. The predicted octanol–water partition coefficient (Wildman–Crippen LogP) is -21.4. The zero-order valence-corrected chi connectivity index (χ0v) is 42.0. The maximum Gasteiger partial charge on any atom is 1.00 e. The van der Waals surface area contributed by atoms with Crippen LogP contribution in [0.3, 0.4) is 0 Å². The van der Waals surface area contributed by atoms with Crippen LogP contribution >= 0.6 is 0 Å². The van der Waals surface area contributed by atoms with Crippen LogP contribution in [-0.4, -0.2) is 189 Å². The van der Waals surface area contributed by atoms with Gasteiger partial charge in [0.2, 0.25) is 10.4 Å². The Morgan fingerprint density at radius 1 is 0.638 bits per heavy atom. The Kier molecular flexibility index (Phi) is 27.6. The van der Waals surface area contributed by atoms with Gasteiger partial charge in [0, 0.05) is 7.11 Å². The summed E-state index contributed by atoms with van der Waals surface area (Å²) in [7, 11) is -15.9. The molecule has 0 aromatic heterocycles. The molecule has 0 bridgehead atoms. The number of ether oxygens (including phenoxy) is 6. The van der Waals surface area contributed by atoms with Crippen molar-refractivity contribution in [1.82, 2.24) is 0 Å². The van der Waals surface area contributed by atoms with E-state index >= 15 is 0 Å². The van der Waals surface area contributed by atoms with E-state index in [9.17, 15) is 79.5 Å². The summed E-state index contributed by atoms with van der Waals surface area (Å²) in [6, 6.07) is -4.07. The number of rotatable bonds is 16. The van der Waals surface area contributed by atoms with E-state index in [0.29, 0.717) is 0 Å². The Balaban J connectivity index is 0. The Labute approximate surface area is 418 Å². The molecule has 3 aliphatic rings. The van der Waals surface area contributed by atoms with Crippen LogP contribution in [0.4, 0.5) is 0 Å². The van der Waals surface area contributed by atoms with E-state index in [1.54, 1.807) is 0 Å². The van der Waals surface area contributed by atoms with Crippen LogP contribution in [0.5, 0.6) is 0 Å². The van der Waals surface area contributed by atoms with Crippen molar-refractivity contribution >= 4 is 49.0 Å². The van der Waals surface area contributed by atoms with Gasteiger partial charge in [-0.25, -0.2) is 16.8 Å². The summed E-state index contributed by atoms with van der Waals surface area (Å²) < 4.78 is 145. The van der Waals surface area contributed by atoms with E-state index in [-0.39, 0.29) is 118 Å². The summed E-state index contributed by atoms with van der Waals surface area (Å²) in [5, 5.41) is 78.2. The van der Waals surface area contributed by atoms with Crippen LogP contribution in [0.2, 0.25) is 0 Å². The first kappa shape index (κ1) is 61.7. The number of aliphatic carboxylic acids is 1. The van der Waals surface area contributed by atoms with Crippen molar-refractivity contribution in [2.75, 3.05) is 20.3 Å². The summed E-state index contributed by atoms with van der Waals surface area (Å²) in [5.74, 6) is -4.51. The maximum atomic E-state index is 12.4. The molecule has 3 heterocycles. The monoisotopic (exact) mass is 942 g/mol. The van der Waals surface area contributed by atoms with E-state index in [1.807, 2.05) is 0 Å². The molecule has 0 amide bonds. The number of hydrogen-bond donors (Lipinski definition) is 6. The number of carbonyl (C=O) groups excluding carboxylic acids is 1. The van der Waals surface area contributed by atoms with Crippen molar-refractivity contribution in [2.24, 2.45) is 9.98 Å². The molecule has 3 fully saturated rings. The number of aliphatic hydroxyl groups is 4. The number of methoxy groups -OCH3 is 1. The fourth-order valence-corrected chi connectivity index (χ4v) is 7.10. The Morgan fingerprint density at radius 2 is 1.09 bits per heavy atom. The molecule has 0 unspecified atom stereocenters. The first-order chi connectivity index (χ1) is 24.8. The van der Waals surface area contributed by atoms with E-state index in [0.717, 1.165) is 21.0 Å². The van der Waals surface area contributed by atoms with Gasteiger partial charge in [0.15, 0.2) is 25.0 Å². The third-order valence-corrected chi connectivity index (χ3v) is 8.93. The van der Waals surface area contributed by atoms with E-state index in [1.165, 1.54) is 0 Å². The third kappa shape index (κ3) is 17.5. The van der Waals surface area contributed by atoms with Crippen molar-refractivity contribution in [3.05, 3.63) is 0 Å². The molecule has 0 aromatic rings. The second-order valence-electron chi connectivity index (χ2n) is 11.3. The number of hydrogen-bond acceptors (Lipinski definition) is 26. The molecular formula is C23H34N2Na4O26S3. The smallest absolute Gasteiger partial charge is 0.862 e. The average Bonchev–Trinajstić information content (AvgIpc) is 3.02. The number of aliphatic hydroxyl groups excluding tert-OH is 4. The van der Waals surface area contributed by atoms with Crippen LogP contribution in [0.25, 0.3) is 0 Å². The standard InChI is InChI=1S/C23H38N2O26S3.4Na/c1-6(28)24-10-12(30)14(49-52(34,35)36)8(4-26)45-22(10)47-17-13(31)18(51-54(40,41)42)23(48-19(17)20(32)33)46-16-11(25-7(2)29)21(43-3)44-9(5-27)15(16)50-53(37,38)39;;;;/h8-19,21-23,26-27,30-31H,4-5H2,1-3H3,(H,24,28)(H,25,29)(H,32,33)(H,34,35,36)(H,37,38,39)(H,40,41,42);;;;/q;4*+1/p-4/t8-,9-,10-,11-,12-,13+,14+,15+,16-,17+,18-,19-,21-,22+,23-;;;;/m1..../s1. The zero-order valence-electron chi connectivity index (χ0n) is 31.5. The molecular weight excluding hydrogens is 908 g/mol. The van der Waals surface area contributed by atoms with E-state index in [2.05, 4.69) is 22.5 Å². The summed E-state index contributed by atoms with van der Waals surface area (Å²) in [6.07, 6.45) is -30.6. The van der Waals surface area contributed by atoms with Gasteiger partial charge < -0.3 is 73.5 Å². The Bertz CT molecular complexity index is 1700. The van der Waals surface area contributed by atoms with Gasteiger partial charge in [-0.3, -0.25) is 23.3 Å². The van der Waals surface area contributed by atoms with Gasteiger partial charge in [0.1, 0.15) is 67.0 Å². The number of carboxylic acids is 1.